The van der Waals surface area contributed by atoms with Crippen molar-refractivity contribution in [3.63, 3.8) is 0 Å². The summed E-state index contributed by atoms with van der Waals surface area (Å²) in [5.41, 5.74) is 0.298. The third kappa shape index (κ3) is 2.54. The second-order valence-corrected chi connectivity index (χ2v) is 4.59. The molecule has 1 aliphatic heterocycles. The van der Waals surface area contributed by atoms with Crippen molar-refractivity contribution >= 4 is 0 Å². The number of piperidine rings is 1. The van der Waals surface area contributed by atoms with Gasteiger partial charge in [-0.2, -0.15) is 0 Å². The van der Waals surface area contributed by atoms with Crippen LogP contribution in [0.3, 0.4) is 0 Å². The summed E-state index contributed by atoms with van der Waals surface area (Å²) in [6, 6.07) is 0. The van der Waals surface area contributed by atoms with E-state index in [2.05, 4.69) is 22.3 Å². The quantitative estimate of drug-likeness (QED) is 0.735. The van der Waals surface area contributed by atoms with Crippen LogP contribution >= 0.6 is 0 Å². The maximum absolute atomic E-state index is 10.3. The standard InChI is InChI=1S/C10H18N4O/c1-13-5-3-10(15,4-6-13)7-9-8-14(2)12-11-9/h8,15H,3-7H2,1-2H3. The molecular formula is C10H18N4O. The van der Waals surface area contributed by atoms with Gasteiger partial charge in [-0.25, -0.2) is 0 Å². The van der Waals surface area contributed by atoms with Crippen LogP contribution < -0.4 is 0 Å². The number of aromatic nitrogens is 3. The number of hydrogen-bond donors (Lipinski definition) is 1. The zero-order valence-electron chi connectivity index (χ0n) is 9.35. The summed E-state index contributed by atoms with van der Waals surface area (Å²) in [5.74, 6) is 0. The maximum Gasteiger partial charge on any atom is 0.0855 e. The molecule has 0 amide bonds. The minimum Gasteiger partial charge on any atom is -0.389 e. The van der Waals surface area contributed by atoms with E-state index in [1.165, 1.54) is 0 Å². The highest BCUT2D eigenvalue weighted by Gasteiger charge is 2.32. The van der Waals surface area contributed by atoms with E-state index in [4.69, 9.17) is 0 Å². The van der Waals surface area contributed by atoms with E-state index in [0.29, 0.717) is 6.42 Å². The average molecular weight is 210 g/mol. The SMILES string of the molecule is CN1CCC(O)(Cc2cn(C)nn2)CC1. The second kappa shape index (κ2) is 3.90. The van der Waals surface area contributed by atoms with Gasteiger partial charge in [-0.1, -0.05) is 5.21 Å². The zero-order chi connectivity index (χ0) is 10.9. The molecule has 5 nitrogen and oxygen atoms in total. The molecule has 84 valence electrons. The molecule has 1 saturated heterocycles. The summed E-state index contributed by atoms with van der Waals surface area (Å²) in [6.45, 7) is 1.91. The third-order valence-corrected chi connectivity index (χ3v) is 3.08. The summed E-state index contributed by atoms with van der Waals surface area (Å²) in [6.07, 6.45) is 4.13. The molecule has 15 heavy (non-hydrogen) atoms. The molecule has 1 aromatic heterocycles. The van der Waals surface area contributed by atoms with Crippen LogP contribution in [0.1, 0.15) is 18.5 Å². The number of nitrogens with zero attached hydrogens (tertiary/aromatic N) is 4. The lowest BCUT2D eigenvalue weighted by Gasteiger charge is -2.36. The highest BCUT2D eigenvalue weighted by atomic mass is 16.3. The predicted octanol–water partition coefficient (Wildman–Crippen LogP) is -0.186. The molecule has 1 N–H and O–H groups in total. The van der Waals surface area contributed by atoms with Gasteiger partial charge in [0.2, 0.25) is 0 Å². The van der Waals surface area contributed by atoms with Crippen LogP contribution in [0.4, 0.5) is 0 Å². The fraction of sp³-hybridized carbons (Fsp3) is 0.800. The Labute approximate surface area is 89.7 Å². The Morgan fingerprint density at radius 1 is 1.40 bits per heavy atom. The van der Waals surface area contributed by atoms with Crippen molar-refractivity contribution in [3.8, 4) is 0 Å². The summed E-state index contributed by atoms with van der Waals surface area (Å²) in [7, 11) is 3.93. The zero-order valence-corrected chi connectivity index (χ0v) is 9.35. The van der Waals surface area contributed by atoms with Gasteiger partial charge in [-0.3, -0.25) is 4.68 Å². The van der Waals surface area contributed by atoms with E-state index in [-0.39, 0.29) is 0 Å². The Balaban J connectivity index is 1.99. The molecule has 1 aromatic rings. The first-order chi connectivity index (χ1) is 7.07. The maximum atomic E-state index is 10.3. The molecule has 0 aromatic carbocycles. The Kier molecular flexibility index (Phi) is 2.75. The molecule has 5 heteroatoms. The lowest BCUT2D eigenvalue weighted by Crippen LogP contribution is -2.44. The van der Waals surface area contributed by atoms with Crippen LogP contribution in [0.2, 0.25) is 0 Å². The highest BCUT2D eigenvalue weighted by molar-refractivity contribution is 5.01. The van der Waals surface area contributed by atoms with E-state index < -0.39 is 5.60 Å². The molecule has 1 aliphatic rings. The van der Waals surface area contributed by atoms with Gasteiger partial charge < -0.3 is 10.0 Å². The van der Waals surface area contributed by atoms with E-state index in [1.54, 1.807) is 4.68 Å². The van der Waals surface area contributed by atoms with E-state index >= 15 is 0 Å². The molecule has 0 unspecified atom stereocenters. The molecule has 2 rings (SSSR count). The van der Waals surface area contributed by atoms with Crippen molar-refractivity contribution < 1.29 is 5.11 Å². The largest absolute Gasteiger partial charge is 0.389 e. The molecule has 0 bridgehead atoms. The van der Waals surface area contributed by atoms with Crippen LogP contribution in [-0.4, -0.2) is 50.7 Å². The first kappa shape index (κ1) is 10.6. The lowest BCUT2D eigenvalue weighted by molar-refractivity contribution is -0.0157. The van der Waals surface area contributed by atoms with Crippen molar-refractivity contribution in [3.05, 3.63) is 11.9 Å². The van der Waals surface area contributed by atoms with Gasteiger partial charge >= 0.3 is 0 Å². The molecule has 0 spiro atoms. The molecule has 1 fully saturated rings. The Morgan fingerprint density at radius 2 is 2.07 bits per heavy atom. The Bertz CT molecular complexity index is 328. The van der Waals surface area contributed by atoms with Crippen LogP contribution in [-0.2, 0) is 13.5 Å². The van der Waals surface area contributed by atoms with Crippen molar-refractivity contribution in [1.29, 1.82) is 0 Å². The van der Waals surface area contributed by atoms with Crippen molar-refractivity contribution in [2.24, 2.45) is 7.05 Å². The first-order valence-electron chi connectivity index (χ1n) is 5.34. The monoisotopic (exact) mass is 210 g/mol. The summed E-state index contributed by atoms with van der Waals surface area (Å²) in [5, 5.41) is 18.2. The van der Waals surface area contributed by atoms with E-state index in [1.807, 2.05) is 13.2 Å². The summed E-state index contributed by atoms with van der Waals surface area (Å²) >= 11 is 0. The van der Waals surface area contributed by atoms with Gasteiger partial charge in [0.25, 0.3) is 0 Å². The second-order valence-electron chi connectivity index (χ2n) is 4.59. The number of likely N-dealkylation sites (tertiary alicyclic amines) is 1. The molecule has 2 heterocycles. The number of rotatable bonds is 2. The minimum absolute atomic E-state index is 0.581. The fourth-order valence-corrected chi connectivity index (χ4v) is 2.02. The van der Waals surface area contributed by atoms with Crippen LogP contribution in [0.25, 0.3) is 0 Å². The van der Waals surface area contributed by atoms with Crippen LogP contribution in [0, 0.1) is 0 Å². The minimum atomic E-state index is -0.581. The van der Waals surface area contributed by atoms with Crippen molar-refractivity contribution in [2.75, 3.05) is 20.1 Å². The van der Waals surface area contributed by atoms with Gasteiger partial charge in [-0.05, 0) is 19.9 Å². The molecule has 0 radical (unpaired) electrons. The van der Waals surface area contributed by atoms with Gasteiger partial charge in [-0.15, -0.1) is 5.10 Å². The Morgan fingerprint density at radius 3 is 2.60 bits per heavy atom. The third-order valence-electron chi connectivity index (χ3n) is 3.08. The molecular weight excluding hydrogens is 192 g/mol. The highest BCUT2D eigenvalue weighted by Crippen LogP contribution is 2.24. The molecule has 0 aliphatic carbocycles. The lowest BCUT2D eigenvalue weighted by atomic mass is 9.87. The number of hydrogen-bond acceptors (Lipinski definition) is 4. The predicted molar refractivity (Wildman–Crippen MR) is 56.4 cm³/mol. The van der Waals surface area contributed by atoms with Crippen LogP contribution in [0.5, 0.6) is 0 Å². The van der Waals surface area contributed by atoms with Gasteiger partial charge in [0.05, 0.1) is 11.3 Å². The topological polar surface area (TPSA) is 54.2 Å². The van der Waals surface area contributed by atoms with Gasteiger partial charge in [0.15, 0.2) is 0 Å². The summed E-state index contributed by atoms with van der Waals surface area (Å²) in [4.78, 5) is 2.24. The molecule has 0 saturated carbocycles. The van der Waals surface area contributed by atoms with Crippen LogP contribution in [0.15, 0.2) is 6.20 Å². The van der Waals surface area contributed by atoms with E-state index in [9.17, 15) is 5.11 Å². The van der Waals surface area contributed by atoms with Crippen molar-refractivity contribution in [2.45, 2.75) is 24.9 Å². The average Bonchev–Trinajstić information content (AvgIpc) is 2.57. The van der Waals surface area contributed by atoms with Crippen molar-refractivity contribution in [1.82, 2.24) is 19.9 Å². The normalized spacial score (nSPS) is 21.8. The Hall–Kier alpha value is -0.940. The molecule has 0 atom stereocenters. The van der Waals surface area contributed by atoms with E-state index in [0.717, 1.165) is 31.6 Å². The van der Waals surface area contributed by atoms with Gasteiger partial charge in [0, 0.05) is 32.8 Å². The number of aliphatic hydroxyl groups is 1. The number of aryl methyl sites for hydroxylation is 1. The van der Waals surface area contributed by atoms with Gasteiger partial charge in [0.1, 0.15) is 0 Å². The summed E-state index contributed by atoms with van der Waals surface area (Å²) < 4.78 is 1.67. The fourth-order valence-electron chi connectivity index (χ4n) is 2.02. The smallest absolute Gasteiger partial charge is 0.0855 e. The first-order valence-corrected chi connectivity index (χ1v) is 5.34.